The Morgan fingerprint density at radius 1 is 1.33 bits per heavy atom. The SMILES string of the molecule is CCC1=C(C(C)(C)C)CCCN1. The average molecular weight is 167 g/mol. The largest absolute Gasteiger partial charge is 0.388 e. The van der Waals surface area contributed by atoms with Crippen LogP contribution in [0, 0.1) is 5.41 Å². The van der Waals surface area contributed by atoms with Gasteiger partial charge in [0, 0.05) is 12.2 Å². The summed E-state index contributed by atoms with van der Waals surface area (Å²) in [6.07, 6.45) is 3.75. The first-order valence-electron chi connectivity index (χ1n) is 5.02. The van der Waals surface area contributed by atoms with E-state index in [1.165, 1.54) is 25.1 Å². The van der Waals surface area contributed by atoms with E-state index in [-0.39, 0.29) is 0 Å². The molecule has 0 aromatic carbocycles. The molecular formula is C11H21N. The highest BCUT2D eigenvalue weighted by Gasteiger charge is 2.22. The number of allylic oxidation sites excluding steroid dienone is 2. The molecule has 0 aliphatic carbocycles. The Kier molecular flexibility index (Phi) is 2.81. The summed E-state index contributed by atoms with van der Waals surface area (Å²) in [7, 11) is 0. The Bertz CT molecular complexity index is 184. The Hall–Kier alpha value is -0.460. The smallest absolute Gasteiger partial charge is 0.0147 e. The lowest BCUT2D eigenvalue weighted by molar-refractivity contribution is 0.443. The van der Waals surface area contributed by atoms with E-state index in [0.29, 0.717) is 5.41 Å². The molecular weight excluding hydrogens is 146 g/mol. The van der Waals surface area contributed by atoms with Crippen LogP contribution in [0.3, 0.4) is 0 Å². The first-order valence-corrected chi connectivity index (χ1v) is 5.02. The van der Waals surface area contributed by atoms with Crippen molar-refractivity contribution in [1.29, 1.82) is 0 Å². The van der Waals surface area contributed by atoms with Crippen molar-refractivity contribution in [2.45, 2.75) is 47.0 Å². The van der Waals surface area contributed by atoms with Crippen LogP contribution < -0.4 is 5.32 Å². The molecule has 0 saturated carbocycles. The van der Waals surface area contributed by atoms with Crippen LogP contribution >= 0.6 is 0 Å². The molecule has 1 rings (SSSR count). The van der Waals surface area contributed by atoms with Gasteiger partial charge in [-0.1, -0.05) is 27.7 Å². The maximum atomic E-state index is 3.51. The van der Waals surface area contributed by atoms with Crippen molar-refractivity contribution in [3.05, 3.63) is 11.3 Å². The quantitative estimate of drug-likeness (QED) is 0.633. The molecule has 0 spiro atoms. The maximum absolute atomic E-state index is 3.51. The zero-order valence-electron chi connectivity index (χ0n) is 8.83. The minimum Gasteiger partial charge on any atom is -0.388 e. The second-order valence-corrected chi connectivity index (χ2v) is 4.59. The molecule has 0 radical (unpaired) electrons. The highest BCUT2D eigenvalue weighted by molar-refractivity contribution is 5.20. The van der Waals surface area contributed by atoms with Gasteiger partial charge >= 0.3 is 0 Å². The molecule has 70 valence electrons. The summed E-state index contributed by atoms with van der Waals surface area (Å²) in [5, 5.41) is 3.51. The summed E-state index contributed by atoms with van der Waals surface area (Å²) in [5.74, 6) is 0. The molecule has 0 unspecified atom stereocenters. The van der Waals surface area contributed by atoms with Crippen molar-refractivity contribution in [3.8, 4) is 0 Å². The van der Waals surface area contributed by atoms with Crippen LogP contribution in [0.1, 0.15) is 47.0 Å². The van der Waals surface area contributed by atoms with Gasteiger partial charge in [0.2, 0.25) is 0 Å². The molecule has 0 bridgehead atoms. The van der Waals surface area contributed by atoms with Crippen molar-refractivity contribution in [2.24, 2.45) is 5.41 Å². The predicted octanol–water partition coefficient (Wildman–Crippen LogP) is 3.08. The van der Waals surface area contributed by atoms with Crippen molar-refractivity contribution in [3.63, 3.8) is 0 Å². The van der Waals surface area contributed by atoms with E-state index in [9.17, 15) is 0 Å². The van der Waals surface area contributed by atoms with E-state index in [4.69, 9.17) is 0 Å². The molecule has 1 aliphatic heterocycles. The summed E-state index contributed by atoms with van der Waals surface area (Å²) < 4.78 is 0. The van der Waals surface area contributed by atoms with E-state index in [1.54, 1.807) is 5.57 Å². The number of hydrogen-bond donors (Lipinski definition) is 1. The second kappa shape index (κ2) is 3.51. The molecule has 0 fully saturated rings. The van der Waals surface area contributed by atoms with Gasteiger partial charge < -0.3 is 5.32 Å². The molecule has 0 aromatic heterocycles. The monoisotopic (exact) mass is 167 g/mol. The number of nitrogens with one attached hydrogen (secondary N) is 1. The van der Waals surface area contributed by atoms with Gasteiger partial charge in [0.25, 0.3) is 0 Å². The fourth-order valence-electron chi connectivity index (χ4n) is 1.93. The van der Waals surface area contributed by atoms with Gasteiger partial charge in [-0.25, -0.2) is 0 Å². The highest BCUT2D eigenvalue weighted by atomic mass is 14.9. The minimum absolute atomic E-state index is 0.360. The lowest BCUT2D eigenvalue weighted by Gasteiger charge is -2.30. The van der Waals surface area contributed by atoms with Crippen LogP contribution in [-0.2, 0) is 0 Å². The maximum Gasteiger partial charge on any atom is 0.0147 e. The van der Waals surface area contributed by atoms with Crippen molar-refractivity contribution in [1.82, 2.24) is 5.32 Å². The van der Waals surface area contributed by atoms with E-state index >= 15 is 0 Å². The van der Waals surface area contributed by atoms with Crippen molar-refractivity contribution < 1.29 is 0 Å². The second-order valence-electron chi connectivity index (χ2n) is 4.59. The topological polar surface area (TPSA) is 12.0 Å². The molecule has 0 amide bonds. The van der Waals surface area contributed by atoms with Crippen LogP contribution in [0.2, 0.25) is 0 Å². The van der Waals surface area contributed by atoms with Crippen LogP contribution in [0.25, 0.3) is 0 Å². The van der Waals surface area contributed by atoms with Gasteiger partial charge in [-0.3, -0.25) is 0 Å². The summed E-state index contributed by atoms with van der Waals surface area (Å²) in [4.78, 5) is 0. The van der Waals surface area contributed by atoms with Gasteiger partial charge in [0.1, 0.15) is 0 Å². The van der Waals surface area contributed by atoms with Crippen LogP contribution in [0.4, 0.5) is 0 Å². The lowest BCUT2D eigenvalue weighted by atomic mass is 9.80. The van der Waals surface area contributed by atoms with Gasteiger partial charge in [-0.2, -0.15) is 0 Å². The Morgan fingerprint density at radius 3 is 2.42 bits per heavy atom. The van der Waals surface area contributed by atoms with Crippen LogP contribution in [-0.4, -0.2) is 6.54 Å². The zero-order valence-corrected chi connectivity index (χ0v) is 8.83. The fourth-order valence-corrected chi connectivity index (χ4v) is 1.93. The van der Waals surface area contributed by atoms with Crippen molar-refractivity contribution >= 4 is 0 Å². The van der Waals surface area contributed by atoms with E-state index in [1.807, 2.05) is 0 Å². The molecule has 1 heteroatoms. The predicted molar refractivity (Wildman–Crippen MR) is 54.0 cm³/mol. The molecule has 12 heavy (non-hydrogen) atoms. The normalized spacial score (nSPS) is 19.3. The first-order chi connectivity index (χ1) is 5.55. The average Bonchev–Trinajstić information content (AvgIpc) is 2.03. The third-order valence-electron chi connectivity index (χ3n) is 2.57. The molecule has 0 aromatic rings. The first kappa shape index (κ1) is 9.63. The van der Waals surface area contributed by atoms with Crippen LogP contribution in [0.15, 0.2) is 11.3 Å². The third-order valence-corrected chi connectivity index (χ3v) is 2.57. The van der Waals surface area contributed by atoms with Crippen LogP contribution in [0.5, 0.6) is 0 Å². The molecule has 1 heterocycles. The van der Waals surface area contributed by atoms with E-state index in [0.717, 1.165) is 6.42 Å². The number of rotatable bonds is 1. The summed E-state index contributed by atoms with van der Waals surface area (Å²) in [6, 6.07) is 0. The van der Waals surface area contributed by atoms with Gasteiger partial charge in [0.05, 0.1) is 0 Å². The lowest BCUT2D eigenvalue weighted by Crippen LogP contribution is -2.26. The molecule has 1 aliphatic rings. The van der Waals surface area contributed by atoms with Crippen molar-refractivity contribution in [2.75, 3.05) is 6.54 Å². The minimum atomic E-state index is 0.360. The molecule has 0 saturated heterocycles. The molecule has 1 N–H and O–H groups in total. The Labute approximate surface area is 76.2 Å². The van der Waals surface area contributed by atoms with E-state index < -0.39 is 0 Å². The van der Waals surface area contributed by atoms with Gasteiger partial charge in [0.15, 0.2) is 0 Å². The zero-order chi connectivity index (χ0) is 9.19. The summed E-state index contributed by atoms with van der Waals surface area (Å²) in [5.41, 5.74) is 3.49. The van der Waals surface area contributed by atoms with Gasteiger partial charge in [-0.05, 0) is 30.3 Å². The third kappa shape index (κ3) is 2.02. The van der Waals surface area contributed by atoms with Gasteiger partial charge in [-0.15, -0.1) is 0 Å². The molecule has 0 atom stereocenters. The highest BCUT2D eigenvalue weighted by Crippen LogP contribution is 2.33. The number of hydrogen-bond acceptors (Lipinski definition) is 1. The van der Waals surface area contributed by atoms with E-state index in [2.05, 4.69) is 33.0 Å². The Morgan fingerprint density at radius 2 is 2.00 bits per heavy atom. The molecule has 1 nitrogen and oxygen atoms in total. The fraction of sp³-hybridized carbons (Fsp3) is 0.818. The standard InChI is InChI=1S/C11H21N/c1-5-10-9(11(2,3)4)7-6-8-12-10/h12H,5-8H2,1-4H3. The summed E-state index contributed by atoms with van der Waals surface area (Å²) in [6.45, 7) is 10.3. The summed E-state index contributed by atoms with van der Waals surface area (Å²) >= 11 is 0. The Balaban J connectivity index is 2.87.